The molecule has 1 aromatic heterocycles. The van der Waals surface area contributed by atoms with Gasteiger partial charge in [-0.15, -0.1) is 0 Å². The summed E-state index contributed by atoms with van der Waals surface area (Å²) in [5.41, 5.74) is 9.47. The Hall–Kier alpha value is -1.91. The predicted octanol–water partition coefficient (Wildman–Crippen LogP) is 5.36. The third kappa shape index (κ3) is 3.04. The van der Waals surface area contributed by atoms with Crippen molar-refractivity contribution in [2.45, 2.75) is 26.2 Å². The molecule has 3 aromatic rings. The van der Waals surface area contributed by atoms with Crippen LogP contribution in [0.5, 0.6) is 0 Å². The molecule has 0 saturated heterocycles. The maximum atomic E-state index is 14.3. The molecule has 0 unspecified atom stereocenters. The number of hydrogen-bond donors (Lipinski definition) is 2. The molecule has 0 amide bonds. The van der Waals surface area contributed by atoms with Crippen LogP contribution >= 0.6 is 11.6 Å². The van der Waals surface area contributed by atoms with Gasteiger partial charge in [-0.25, -0.2) is 8.78 Å². The number of fused-ring (bicyclic) bond motifs is 1. The van der Waals surface area contributed by atoms with Crippen LogP contribution < -0.4 is 5.73 Å². The molecule has 0 spiro atoms. The zero-order valence-electron chi connectivity index (χ0n) is 13.4. The van der Waals surface area contributed by atoms with Gasteiger partial charge in [0.15, 0.2) is 0 Å². The maximum Gasteiger partial charge on any atom is 0.135 e. The summed E-state index contributed by atoms with van der Waals surface area (Å²) in [5.74, 6) is -1.17. The van der Waals surface area contributed by atoms with E-state index in [1.54, 1.807) is 0 Å². The molecule has 0 fully saturated rings. The Bertz CT molecular complexity index is 887. The molecule has 0 aliphatic heterocycles. The summed E-state index contributed by atoms with van der Waals surface area (Å²) in [6.45, 7) is 2.54. The summed E-state index contributed by atoms with van der Waals surface area (Å²) >= 11 is 6.21. The number of unbranched alkanes of at least 4 members (excludes halogenated alkanes) is 1. The highest BCUT2D eigenvalue weighted by molar-refractivity contribution is 6.32. The van der Waals surface area contributed by atoms with E-state index in [2.05, 4.69) is 4.98 Å². The lowest BCUT2D eigenvalue weighted by atomic mass is 9.99. The Labute approximate surface area is 144 Å². The number of benzene rings is 2. The fourth-order valence-corrected chi connectivity index (χ4v) is 3.22. The van der Waals surface area contributed by atoms with E-state index in [4.69, 9.17) is 17.3 Å². The van der Waals surface area contributed by atoms with Crippen LogP contribution in [0.4, 0.5) is 8.78 Å². The minimum Gasteiger partial charge on any atom is -0.354 e. The van der Waals surface area contributed by atoms with E-state index in [-0.39, 0.29) is 0 Å². The van der Waals surface area contributed by atoms with E-state index in [9.17, 15) is 8.78 Å². The van der Waals surface area contributed by atoms with Crippen LogP contribution in [0.2, 0.25) is 5.02 Å². The monoisotopic (exact) mass is 348 g/mol. The molecule has 24 heavy (non-hydrogen) atoms. The molecule has 0 bridgehead atoms. The van der Waals surface area contributed by atoms with Gasteiger partial charge < -0.3 is 10.7 Å². The minimum absolute atomic E-state index is 0.367. The zero-order valence-corrected chi connectivity index (χ0v) is 14.2. The largest absolute Gasteiger partial charge is 0.354 e. The van der Waals surface area contributed by atoms with Crippen molar-refractivity contribution in [3.8, 4) is 11.3 Å². The fourth-order valence-electron chi connectivity index (χ4n) is 3.06. The van der Waals surface area contributed by atoms with Gasteiger partial charge in [-0.3, -0.25) is 0 Å². The van der Waals surface area contributed by atoms with E-state index < -0.39 is 11.6 Å². The van der Waals surface area contributed by atoms with Crippen molar-refractivity contribution >= 4 is 22.5 Å². The van der Waals surface area contributed by atoms with Gasteiger partial charge in [-0.1, -0.05) is 17.7 Å². The summed E-state index contributed by atoms with van der Waals surface area (Å²) in [6.07, 6.45) is 2.57. The average Bonchev–Trinajstić information content (AvgIpc) is 2.91. The molecule has 3 N–H and O–H groups in total. The van der Waals surface area contributed by atoms with Crippen LogP contribution in [-0.2, 0) is 6.42 Å². The normalized spacial score (nSPS) is 11.4. The lowest BCUT2D eigenvalue weighted by molar-refractivity contribution is 0.585. The number of nitrogens with one attached hydrogen (secondary N) is 1. The molecule has 5 heteroatoms. The van der Waals surface area contributed by atoms with Crippen molar-refractivity contribution in [3.05, 3.63) is 58.1 Å². The number of aryl methyl sites for hydroxylation is 2. The molecule has 126 valence electrons. The molecule has 2 nitrogen and oxygen atoms in total. The Balaban J connectivity index is 2.21. The molecular weight excluding hydrogens is 330 g/mol. The maximum absolute atomic E-state index is 14.3. The van der Waals surface area contributed by atoms with Crippen LogP contribution in [0.25, 0.3) is 22.2 Å². The standard InChI is InChI=1S/C19H19ClF2N2/c1-11-16(20)8-7-14-13(4-2-3-9-23)19(24-18(11)14)15-6-5-12(21)10-17(15)22/h5-8,10,24H,2-4,9,23H2,1H3. The zero-order chi connectivity index (χ0) is 17.3. The molecule has 0 aliphatic carbocycles. The number of halogens is 3. The van der Waals surface area contributed by atoms with Gasteiger partial charge in [-0.05, 0) is 62.1 Å². The summed E-state index contributed by atoms with van der Waals surface area (Å²) in [7, 11) is 0. The highest BCUT2D eigenvalue weighted by atomic mass is 35.5. The van der Waals surface area contributed by atoms with Crippen molar-refractivity contribution in [1.82, 2.24) is 4.98 Å². The number of aromatic amines is 1. The average molecular weight is 349 g/mol. The minimum atomic E-state index is -0.587. The molecule has 2 aromatic carbocycles. The lowest BCUT2D eigenvalue weighted by Gasteiger charge is -2.06. The van der Waals surface area contributed by atoms with Crippen molar-refractivity contribution < 1.29 is 8.78 Å². The summed E-state index contributed by atoms with van der Waals surface area (Å²) < 4.78 is 27.6. The van der Waals surface area contributed by atoms with Gasteiger partial charge >= 0.3 is 0 Å². The second-order valence-electron chi connectivity index (χ2n) is 5.94. The topological polar surface area (TPSA) is 41.8 Å². The first-order valence-corrected chi connectivity index (χ1v) is 8.36. The van der Waals surface area contributed by atoms with Gasteiger partial charge in [0.1, 0.15) is 11.6 Å². The molecule has 1 heterocycles. The van der Waals surface area contributed by atoms with Crippen LogP contribution in [-0.4, -0.2) is 11.5 Å². The first kappa shape index (κ1) is 16.9. The predicted molar refractivity (Wildman–Crippen MR) is 95.4 cm³/mol. The number of rotatable bonds is 5. The van der Waals surface area contributed by atoms with E-state index >= 15 is 0 Å². The molecule has 0 saturated carbocycles. The Morgan fingerprint density at radius 2 is 1.92 bits per heavy atom. The summed E-state index contributed by atoms with van der Waals surface area (Å²) in [4.78, 5) is 3.30. The Kier molecular flexibility index (Phi) is 4.88. The summed E-state index contributed by atoms with van der Waals surface area (Å²) in [5, 5.41) is 1.68. The highest BCUT2D eigenvalue weighted by Crippen LogP contribution is 2.36. The molecule has 0 radical (unpaired) electrons. The fraction of sp³-hybridized carbons (Fsp3) is 0.263. The Morgan fingerprint density at radius 1 is 1.12 bits per heavy atom. The lowest BCUT2D eigenvalue weighted by Crippen LogP contribution is -1.99. The van der Waals surface area contributed by atoms with Crippen molar-refractivity contribution in [1.29, 1.82) is 0 Å². The van der Waals surface area contributed by atoms with Gasteiger partial charge in [0.25, 0.3) is 0 Å². The van der Waals surface area contributed by atoms with Gasteiger partial charge in [0, 0.05) is 22.0 Å². The van der Waals surface area contributed by atoms with Crippen LogP contribution in [0, 0.1) is 18.6 Å². The molecule has 3 rings (SSSR count). The first-order valence-electron chi connectivity index (χ1n) is 7.98. The van der Waals surface area contributed by atoms with Crippen molar-refractivity contribution in [2.75, 3.05) is 6.54 Å². The number of H-pyrrole nitrogens is 1. The first-order chi connectivity index (χ1) is 11.5. The van der Waals surface area contributed by atoms with Crippen molar-refractivity contribution in [3.63, 3.8) is 0 Å². The van der Waals surface area contributed by atoms with Crippen molar-refractivity contribution in [2.24, 2.45) is 5.73 Å². The Morgan fingerprint density at radius 3 is 2.62 bits per heavy atom. The van der Waals surface area contributed by atoms with Gasteiger partial charge in [0.05, 0.1) is 11.2 Å². The van der Waals surface area contributed by atoms with Crippen LogP contribution in [0.15, 0.2) is 30.3 Å². The molecular formula is C19H19ClF2N2. The third-order valence-corrected chi connectivity index (χ3v) is 4.77. The number of nitrogens with two attached hydrogens (primary N) is 1. The summed E-state index contributed by atoms with van der Waals surface area (Å²) in [6, 6.07) is 7.45. The van der Waals surface area contributed by atoms with E-state index in [1.165, 1.54) is 12.1 Å². The van der Waals surface area contributed by atoms with Crippen LogP contribution in [0.1, 0.15) is 24.0 Å². The highest BCUT2D eigenvalue weighted by Gasteiger charge is 2.18. The van der Waals surface area contributed by atoms with E-state index in [0.717, 1.165) is 47.4 Å². The second-order valence-corrected chi connectivity index (χ2v) is 6.35. The quantitative estimate of drug-likeness (QED) is 0.599. The third-order valence-electron chi connectivity index (χ3n) is 4.36. The number of aromatic nitrogens is 1. The van der Waals surface area contributed by atoms with E-state index in [1.807, 2.05) is 19.1 Å². The van der Waals surface area contributed by atoms with Gasteiger partial charge in [0.2, 0.25) is 0 Å². The number of hydrogen-bond acceptors (Lipinski definition) is 1. The second kappa shape index (κ2) is 6.91. The molecule has 0 atom stereocenters. The van der Waals surface area contributed by atoms with Crippen LogP contribution in [0.3, 0.4) is 0 Å². The van der Waals surface area contributed by atoms with E-state index in [0.29, 0.717) is 22.8 Å². The SMILES string of the molecule is Cc1c(Cl)ccc2c(CCCCN)c(-c3ccc(F)cc3F)[nH]c12. The smallest absolute Gasteiger partial charge is 0.135 e. The van der Waals surface area contributed by atoms with Gasteiger partial charge in [-0.2, -0.15) is 0 Å². The molecule has 0 aliphatic rings.